The smallest absolute Gasteiger partial charge is 0.252 e. The third-order valence-electron chi connectivity index (χ3n) is 5.29. The van der Waals surface area contributed by atoms with Crippen LogP contribution in [0.2, 0.25) is 0 Å². The fourth-order valence-electron chi connectivity index (χ4n) is 4.05. The first-order valence-electron chi connectivity index (χ1n) is 9.95. The van der Waals surface area contributed by atoms with E-state index in [0.29, 0.717) is 13.0 Å². The summed E-state index contributed by atoms with van der Waals surface area (Å²) in [6, 6.07) is 7.75. The van der Waals surface area contributed by atoms with Crippen LogP contribution in [-0.2, 0) is 34.9 Å². The molecule has 3 fully saturated rings. The van der Waals surface area contributed by atoms with Gasteiger partial charge in [0, 0.05) is 6.54 Å². The Morgan fingerprint density at radius 3 is 2.28 bits per heavy atom. The molecule has 3 heterocycles. The quantitative estimate of drug-likeness (QED) is 0.796. The molecule has 0 spiro atoms. The summed E-state index contributed by atoms with van der Waals surface area (Å²) in [5.41, 5.74) is 1.10. The zero-order valence-corrected chi connectivity index (χ0v) is 17.5. The zero-order valence-electron chi connectivity index (χ0n) is 17.5. The Labute approximate surface area is 170 Å². The van der Waals surface area contributed by atoms with E-state index >= 15 is 0 Å². The van der Waals surface area contributed by atoms with E-state index in [-0.39, 0.29) is 5.91 Å². The first kappa shape index (κ1) is 20.6. The van der Waals surface area contributed by atoms with Gasteiger partial charge in [0.05, 0.1) is 7.11 Å². The average Bonchev–Trinajstić information content (AvgIpc) is 3.15. The van der Waals surface area contributed by atoms with Crippen LogP contribution in [0, 0.1) is 0 Å². The number of amides is 1. The molecule has 1 amide bonds. The van der Waals surface area contributed by atoms with E-state index in [4.69, 9.17) is 28.4 Å². The summed E-state index contributed by atoms with van der Waals surface area (Å²) in [6.45, 7) is 7.74. The Morgan fingerprint density at radius 1 is 0.966 bits per heavy atom. The second-order valence-electron chi connectivity index (χ2n) is 8.48. The maximum Gasteiger partial charge on any atom is 0.252 e. The Morgan fingerprint density at radius 2 is 1.59 bits per heavy atom. The molecule has 3 aliphatic rings. The lowest BCUT2D eigenvalue weighted by Crippen LogP contribution is -2.59. The van der Waals surface area contributed by atoms with Gasteiger partial charge in [0.25, 0.3) is 5.91 Å². The maximum absolute atomic E-state index is 12.9. The minimum atomic E-state index is -0.837. The van der Waals surface area contributed by atoms with Crippen LogP contribution >= 0.6 is 0 Å². The highest BCUT2D eigenvalue weighted by molar-refractivity contribution is 5.81. The van der Waals surface area contributed by atoms with Crippen molar-refractivity contribution < 1.29 is 33.2 Å². The molecule has 0 unspecified atom stereocenters. The molecule has 3 saturated heterocycles. The van der Waals surface area contributed by atoms with Crippen molar-refractivity contribution >= 4 is 5.91 Å². The van der Waals surface area contributed by atoms with Crippen molar-refractivity contribution in [3.8, 4) is 5.75 Å². The Kier molecular flexibility index (Phi) is 5.33. The largest absolute Gasteiger partial charge is 0.497 e. The van der Waals surface area contributed by atoms with Gasteiger partial charge in [-0.3, -0.25) is 4.79 Å². The van der Waals surface area contributed by atoms with Crippen LogP contribution in [-0.4, -0.2) is 61.8 Å². The summed E-state index contributed by atoms with van der Waals surface area (Å²) >= 11 is 0. The van der Waals surface area contributed by atoms with Crippen LogP contribution in [0.3, 0.4) is 0 Å². The average molecular weight is 407 g/mol. The topological polar surface area (TPSA) is 84.5 Å². The molecule has 1 N–H and O–H groups in total. The van der Waals surface area contributed by atoms with E-state index in [0.717, 1.165) is 11.3 Å². The molecule has 0 saturated carbocycles. The lowest BCUT2D eigenvalue weighted by Gasteiger charge is -2.36. The number of rotatable bonds is 5. The Bertz CT molecular complexity index is 748. The number of methoxy groups -OCH3 is 1. The van der Waals surface area contributed by atoms with Gasteiger partial charge in [-0.1, -0.05) is 12.1 Å². The normalized spacial score (nSPS) is 34.3. The highest BCUT2D eigenvalue weighted by Crippen LogP contribution is 2.44. The van der Waals surface area contributed by atoms with Gasteiger partial charge in [-0.05, 0) is 51.8 Å². The number of carbonyl (C=O) groups excluding carboxylic acids is 1. The first-order chi connectivity index (χ1) is 13.7. The third-order valence-corrected chi connectivity index (χ3v) is 5.29. The van der Waals surface area contributed by atoms with Crippen molar-refractivity contribution in [1.29, 1.82) is 0 Å². The molecule has 1 aromatic rings. The van der Waals surface area contributed by atoms with Gasteiger partial charge in [0.15, 0.2) is 24.0 Å². The number of benzene rings is 1. The molecule has 3 aliphatic heterocycles. The van der Waals surface area contributed by atoms with Crippen LogP contribution in [0.1, 0.15) is 33.3 Å². The lowest BCUT2D eigenvalue weighted by molar-refractivity contribution is -0.231. The summed E-state index contributed by atoms with van der Waals surface area (Å²) in [5.74, 6) is -1.08. The number of nitrogens with one attached hydrogen (secondary N) is 1. The highest BCUT2D eigenvalue weighted by Gasteiger charge is 2.62. The summed E-state index contributed by atoms with van der Waals surface area (Å²) in [4.78, 5) is 12.9. The molecule has 8 nitrogen and oxygen atoms in total. The second kappa shape index (κ2) is 7.52. The van der Waals surface area contributed by atoms with Crippen molar-refractivity contribution in [2.45, 2.75) is 76.4 Å². The van der Waals surface area contributed by atoms with E-state index in [9.17, 15) is 4.79 Å². The van der Waals surface area contributed by atoms with Crippen molar-refractivity contribution in [1.82, 2.24) is 5.32 Å². The molecule has 0 bridgehead atoms. The lowest BCUT2D eigenvalue weighted by atomic mass is 9.98. The van der Waals surface area contributed by atoms with Crippen molar-refractivity contribution in [3.63, 3.8) is 0 Å². The summed E-state index contributed by atoms with van der Waals surface area (Å²) in [6.07, 6.45) is -2.27. The molecule has 0 aromatic heterocycles. The van der Waals surface area contributed by atoms with Gasteiger partial charge < -0.3 is 33.7 Å². The van der Waals surface area contributed by atoms with Gasteiger partial charge in [0.1, 0.15) is 24.1 Å². The number of hydrogen-bond acceptors (Lipinski definition) is 7. The van der Waals surface area contributed by atoms with Gasteiger partial charge >= 0.3 is 0 Å². The molecular weight excluding hydrogens is 378 g/mol. The van der Waals surface area contributed by atoms with Gasteiger partial charge in [-0.15, -0.1) is 0 Å². The molecule has 0 aliphatic carbocycles. The van der Waals surface area contributed by atoms with Crippen LogP contribution in [0.5, 0.6) is 5.75 Å². The van der Waals surface area contributed by atoms with E-state index in [1.807, 2.05) is 52.0 Å². The standard InChI is InChI=1S/C21H29NO7/c1-20(2)26-14-15(27-20)17-19(29-21(3,4)28-17)25-16(14)18(23)22-11-10-12-6-8-13(24-5)9-7-12/h6-9,14-17,19H,10-11H2,1-5H3,(H,22,23)/t14-,15+,16+,17+,19-/m0/s1. The minimum Gasteiger partial charge on any atom is -0.497 e. The van der Waals surface area contributed by atoms with Gasteiger partial charge in [-0.25, -0.2) is 0 Å². The maximum atomic E-state index is 12.9. The highest BCUT2D eigenvalue weighted by atomic mass is 16.9. The van der Waals surface area contributed by atoms with E-state index in [1.165, 1.54) is 0 Å². The summed E-state index contributed by atoms with van der Waals surface area (Å²) in [5, 5.41) is 2.94. The molecule has 5 atom stereocenters. The Hall–Kier alpha value is -1.71. The number of hydrogen-bond donors (Lipinski definition) is 1. The molecule has 8 heteroatoms. The monoisotopic (exact) mass is 407 g/mol. The van der Waals surface area contributed by atoms with Crippen LogP contribution in [0.15, 0.2) is 24.3 Å². The first-order valence-corrected chi connectivity index (χ1v) is 9.95. The van der Waals surface area contributed by atoms with Gasteiger partial charge in [-0.2, -0.15) is 0 Å². The summed E-state index contributed by atoms with van der Waals surface area (Å²) in [7, 11) is 1.63. The molecule has 1 aromatic carbocycles. The van der Waals surface area contributed by atoms with Crippen molar-refractivity contribution in [2.75, 3.05) is 13.7 Å². The second-order valence-corrected chi connectivity index (χ2v) is 8.48. The molecule has 4 rings (SSSR count). The van der Waals surface area contributed by atoms with Crippen LogP contribution in [0.25, 0.3) is 0 Å². The predicted octanol–water partition coefficient (Wildman–Crippen LogP) is 1.75. The SMILES string of the molecule is COc1ccc(CCNC(=O)[C@@H]2O[C@H]3OC(C)(C)O[C@@H]3[C@@H]3OC(C)(C)O[C@@H]32)cc1. The third kappa shape index (κ3) is 4.27. The molecule has 29 heavy (non-hydrogen) atoms. The van der Waals surface area contributed by atoms with E-state index in [1.54, 1.807) is 7.11 Å². The molecular formula is C21H29NO7. The van der Waals surface area contributed by atoms with E-state index < -0.39 is 42.3 Å². The number of carbonyl (C=O) groups is 1. The molecule has 160 valence electrons. The fraction of sp³-hybridized carbons (Fsp3) is 0.667. The summed E-state index contributed by atoms with van der Waals surface area (Å²) < 4.78 is 34.9. The minimum absolute atomic E-state index is 0.249. The predicted molar refractivity (Wildman–Crippen MR) is 102 cm³/mol. The van der Waals surface area contributed by atoms with Crippen LogP contribution < -0.4 is 10.1 Å². The fourth-order valence-corrected chi connectivity index (χ4v) is 4.05. The van der Waals surface area contributed by atoms with Crippen molar-refractivity contribution in [3.05, 3.63) is 29.8 Å². The zero-order chi connectivity index (χ0) is 20.8. The van der Waals surface area contributed by atoms with Crippen LogP contribution in [0.4, 0.5) is 0 Å². The molecule has 0 radical (unpaired) electrons. The number of ether oxygens (including phenoxy) is 6. The van der Waals surface area contributed by atoms with E-state index in [2.05, 4.69) is 5.32 Å². The van der Waals surface area contributed by atoms with Gasteiger partial charge in [0.2, 0.25) is 0 Å². The number of fused-ring (bicyclic) bond motifs is 3. The van der Waals surface area contributed by atoms with Crippen molar-refractivity contribution in [2.24, 2.45) is 0 Å². The Balaban J connectivity index is 1.40.